The Labute approximate surface area is 214 Å². The molecule has 10 heteroatoms. The highest BCUT2D eigenvalue weighted by atomic mass is 32.2. The van der Waals surface area contributed by atoms with Crippen molar-refractivity contribution in [1.29, 1.82) is 5.26 Å². The van der Waals surface area contributed by atoms with Gasteiger partial charge in [-0.3, -0.25) is 19.1 Å². The molecule has 2 aromatic rings. The molecular weight excluding hydrogens is 482 g/mol. The van der Waals surface area contributed by atoms with Gasteiger partial charge in [-0.05, 0) is 43.7 Å². The van der Waals surface area contributed by atoms with Gasteiger partial charge in [-0.25, -0.2) is 0 Å². The summed E-state index contributed by atoms with van der Waals surface area (Å²) in [6.07, 6.45) is 4.13. The first kappa shape index (κ1) is 25.2. The zero-order chi connectivity index (χ0) is 25.1. The van der Waals surface area contributed by atoms with E-state index in [1.807, 2.05) is 13.0 Å². The number of rotatable bonds is 7. The second-order valence-corrected chi connectivity index (χ2v) is 10.3. The van der Waals surface area contributed by atoms with Crippen molar-refractivity contribution < 1.29 is 9.21 Å². The number of carbonyl (C=O) groups is 1. The van der Waals surface area contributed by atoms with Crippen LogP contribution >= 0.6 is 24.0 Å². The number of thioether (sulfide) groups is 1. The number of likely N-dealkylation sites (N-methyl/N-ethyl adjacent to an activating group) is 1. The van der Waals surface area contributed by atoms with Gasteiger partial charge in [0, 0.05) is 38.3 Å². The molecule has 35 heavy (non-hydrogen) atoms. The zero-order valence-corrected chi connectivity index (χ0v) is 21.9. The SMILES string of the molecule is CCCn1c(N2CCN(CC)CC2)c(C=C2SC(=S)N(Cc3ccco3)C2=O)c(C)c(C#N)c1=O. The van der Waals surface area contributed by atoms with Crippen LogP contribution in [0.15, 0.2) is 32.5 Å². The zero-order valence-electron chi connectivity index (χ0n) is 20.2. The number of aromatic nitrogens is 1. The van der Waals surface area contributed by atoms with Gasteiger partial charge in [-0.1, -0.05) is 37.8 Å². The Hall–Kier alpha value is -2.87. The lowest BCUT2D eigenvalue weighted by atomic mass is 10.0. The van der Waals surface area contributed by atoms with Gasteiger partial charge >= 0.3 is 0 Å². The topological polar surface area (TPSA) is 85.7 Å². The number of thiocarbonyl (C=S) groups is 1. The van der Waals surface area contributed by atoms with E-state index in [2.05, 4.69) is 22.8 Å². The quantitative estimate of drug-likeness (QED) is 0.412. The van der Waals surface area contributed by atoms with Gasteiger partial charge in [0.1, 0.15) is 27.5 Å². The van der Waals surface area contributed by atoms with E-state index in [-0.39, 0.29) is 23.6 Å². The van der Waals surface area contributed by atoms with Gasteiger partial charge in [-0.2, -0.15) is 5.26 Å². The average molecular weight is 512 g/mol. The van der Waals surface area contributed by atoms with Crippen molar-refractivity contribution in [3.05, 3.63) is 56.1 Å². The molecule has 0 radical (unpaired) electrons. The van der Waals surface area contributed by atoms with Crippen molar-refractivity contribution in [2.75, 3.05) is 37.6 Å². The van der Waals surface area contributed by atoms with E-state index >= 15 is 0 Å². The van der Waals surface area contributed by atoms with Crippen LogP contribution in [-0.4, -0.2) is 57.3 Å². The van der Waals surface area contributed by atoms with Crippen molar-refractivity contribution in [2.45, 2.75) is 40.3 Å². The molecule has 0 aromatic carbocycles. The number of hydrogen-bond donors (Lipinski definition) is 0. The Morgan fingerprint density at radius 2 is 1.97 bits per heavy atom. The fourth-order valence-electron chi connectivity index (χ4n) is 4.52. The van der Waals surface area contributed by atoms with Crippen molar-refractivity contribution >= 4 is 46.1 Å². The maximum Gasteiger partial charge on any atom is 0.270 e. The second kappa shape index (κ2) is 10.8. The predicted molar refractivity (Wildman–Crippen MR) is 142 cm³/mol. The number of furan rings is 1. The van der Waals surface area contributed by atoms with Gasteiger partial charge in [-0.15, -0.1) is 0 Å². The minimum absolute atomic E-state index is 0.117. The van der Waals surface area contributed by atoms with Gasteiger partial charge in [0.2, 0.25) is 0 Å². The molecule has 2 aromatic heterocycles. The summed E-state index contributed by atoms with van der Waals surface area (Å²) in [5.41, 5.74) is 1.17. The lowest BCUT2D eigenvalue weighted by Crippen LogP contribution is -2.48. The summed E-state index contributed by atoms with van der Waals surface area (Å²) in [5, 5.41) is 9.81. The van der Waals surface area contributed by atoms with Crippen molar-refractivity contribution in [3.8, 4) is 6.07 Å². The molecule has 0 aliphatic carbocycles. The van der Waals surface area contributed by atoms with Crippen LogP contribution in [-0.2, 0) is 17.9 Å². The van der Waals surface area contributed by atoms with Crippen LogP contribution in [0.2, 0.25) is 0 Å². The molecule has 0 saturated carbocycles. The number of amides is 1. The first-order chi connectivity index (χ1) is 16.9. The normalized spacial score (nSPS) is 18.1. The second-order valence-electron chi connectivity index (χ2n) is 8.57. The van der Waals surface area contributed by atoms with Crippen LogP contribution in [0.4, 0.5) is 5.82 Å². The van der Waals surface area contributed by atoms with E-state index in [9.17, 15) is 14.9 Å². The van der Waals surface area contributed by atoms with E-state index in [1.54, 1.807) is 29.9 Å². The number of pyridine rings is 1. The summed E-state index contributed by atoms with van der Waals surface area (Å²) < 4.78 is 7.57. The number of carbonyl (C=O) groups excluding carboxylic acids is 1. The molecule has 2 aliphatic rings. The number of hydrogen-bond acceptors (Lipinski definition) is 8. The highest BCUT2D eigenvalue weighted by Crippen LogP contribution is 2.36. The van der Waals surface area contributed by atoms with Crippen LogP contribution in [0, 0.1) is 18.3 Å². The van der Waals surface area contributed by atoms with E-state index in [0.717, 1.165) is 50.5 Å². The van der Waals surface area contributed by atoms with Crippen LogP contribution in [0.25, 0.3) is 6.08 Å². The third kappa shape index (κ3) is 4.94. The number of nitriles is 1. The molecule has 8 nitrogen and oxygen atoms in total. The number of nitrogens with zero attached hydrogens (tertiary/aromatic N) is 5. The fraction of sp³-hybridized carbons (Fsp3) is 0.440. The Balaban J connectivity index is 1.81. The predicted octanol–water partition coefficient (Wildman–Crippen LogP) is 3.57. The molecule has 2 fully saturated rings. The fourth-order valence-corrected chi connectivity index (χ4v) is 5.75. The molecule has 4 heterocycles. The lowest BCUT2D eigenvalue weighted by Gasteiger charge is -2.37. The summed E-state index contributed by atoms with van der Waals surface area (Å²) in [7, 11) is 0. The lowest BCUT2D eigenvalue weighted by molar-refractivity contribution is -0.122. The van der Waals surface area contributed by atoms with Crippen LogP contribution in [0.1, 0.15) is 42.7 Å². The van der Waals surface area contributed by atoms with Crippen molar-refractivity contribution in [3.63, 3.8) is 0 Å². The summed E-state index contributed by atoms with van der Waals surface area (Å²) in [4.78, 5) is 33.2. The molecule has 0 N–H and O–H groups in total. The van der Waals surface area contributed by atoms with Gasteiger partial charge in [0.25, 0.3) is 11.5 Å². The van der Waals surface area contributed by atoms with E-state index in [0.29, 0.717) is 27.1 Å². The largest absolute Gasteiger partial charge is 0.467 e. The van der Waals surface area contributed by atoms with Gasteiger partial charge < -0.3 is 14.2 Å². The minimum Gasteiger partial charge on any atom is -0.467 e. The van der Waals surface area contributed by atoms with Crippen LogP contribution in [0.3, 0.4) is 0 Å². The van der Waals surface area contributed by atoms with E-state index in [4.69, 9.17) is 16.6 Å². The summed E-state index contributed by atoms with van der Waals surface area (Å²) >= 11 is 6.73. The third-order valence-electron chi connectivity index (χ3n) is 6.46. The third-order valence-corrected chi connectivity index (χ3v) is 7.83. The Morgan fingerprint density at radius 3 is 2.57 bits per heavy atom. The standard InChI is InChI=1S/C25H29N5O3S2/c1-4-8-29-22(28-11-9-27(5-2)10-12-28)19(17(3)20(15-26)23(29)31)14-21-24(32)30(25(34)35-21)16-18-7-6-13-33-18/h6-7,13-14H,4-5,8-12,16H2,1-3H3. The van der Waals surface area contributed by atoms with Crippen molar-refractivity contribution in [2.24, 2.45) is 0 Å². The summed E-state index contributed by atoms with van der Waals surface area (Å²) in [5.74, 6) is 1.22. The Kier molecular flexibility index (Phi) is 7.79. The molecule has 2 aliphatic heterocycles. The van der Waals surface area contributed by atoms with Crippen molar-refractivity contribution in [1.82, 2.24) is 14.4 Å². The van der Waals surface area contributed by atoms with Gasteiger partial charge in [0.05, 0.1) is 17.7 Å². The maximum absolute atomic E-state index is 13.3. The molecule has 0 atom stereocenters. The van der Waals surface area contributed by atoms with Gasteiger partial charge in [0.15, 0.2) is 0 Å². The highest BCUT2D eigenvalue weighted by Gasteiger charge is 2.34. The highest BCUT2D eigenvalue weighted by molar-refractivity contribution is 8.26. The average Bonchev–Trinajstić information content (AvgIpc) is 3.47. The number of anilines is 1. The van der Waals surface area contributed by atoms with E-state index in [1.165, 1.54) is 16.7 Å². The van der Waals surface area contributed by atoms with Crippen LogP contribution < -0.4 is 10.5 Å². The van der Waals surface area contributed by atoms with E-state index < -0.39 is 0 Å². The molecule has 4 rings (SSSR count). The number of piperazine rings is 1. The molecule has 0 bridgehead atoms. The van der Waals surface area contributed by atoms with Crippen LogP contribution in [0.5, 0.6) is 0 Å². The Morgan fingerprint density at radius 1 is 1.23 bits per heavy atom. The maximum atomic E-state index is 13.3. The first-order valence-electron chi connectivity index (χ1n) is 11.8. The molecule has 0 unspecified atom stereocenters. The molecule has 2 saturated heterocycles. The Bertz CT molecular complexity index is 1250. The first-order valence-corrected chi connectivity index (χ1v) is 13.0. The molecular formula is C25H29N5O3S2. The molecule has 0 spiro atoms. The minimum atomic E-state index is -0.276. The molecule has 184 valence electrons. The monoisotopic (exact) mass is 511 g/mol. The molecule has 1 amide bonds. The summed E-state index contributed by atoms with van der Waals surface area (Å²) in [6.45, 7) is 11.0. The smallest absolute Gasteiger partial charge is 0.270 e. The summed E-state index contributed by atoms with van der Waals surface area (Å²) in [6, 6.07) is 5.68.